The Morgan fingerprint density at radius 3 is 2.05 bits per heavy atom. The highest BCUT2D eigenvalue weighted by Crippen LogP contribution is 2.69. The first-order chi connectivity index (χ1) is 8.73. The van der Waals surface area contributed by atoms with Crippen molar-refractivity contribution in [1.82, 2.24) is 0 Å². The summed E-state index contributed by atoms with van der Waals surface area (Å²) in [5, 5.41) is 9.94. The van der Waals surface area contributed by atoms with Crippen molar-refractivity contribution in [1.29, 1.82) is 5.26 Å². The predicted molar refractivity (Wildman–Crippen MR) is 75.9 cm³/mol. The third-order valence-corrected chi connectivity index (χ3v) is 5.17. The largest absolute Gasteiger partial charge is 0.297 e. The summed E-state index contributed by atoms with van der Waals surface area (Å²) < 4.78 is 0. The van der Waals surface area contributed by atoms with Crippen LogP contribution < -0.4 is 0 Å². The fourth-order valence-electron chi connectivity index (χ4n) is 3.03. The van der Waals surface area contributed by atoms with Crippen molar-refractivity contribution in [3.8, 4) is 6.07 Å². The first kappa shape index (κ1) is 14.1. The van der Waals surface area contributed by atoms with Gasteiger partial charge >= 0.3 is 0 Å². The molecule has 100 valence electrons. The number of nitriles is 1. The molecule has 1 atom stereocenters. The molecule has 1 fully saturated rings. The summed E-state index contributed by atoms with van der Waals surface area (Å²) in [7, 11) is 0. The van der Waals surface area contributed by atoms with E-state index in [1.807, 2.05) is 0 Å². The van der Waals surface area contributed by atoms with Crippen LogP contribution in [0, 0.1) is 28.1 Å². The minimum absolute atomic E-state index is 0.0276. The number of carbonyl (C=O) groups excluding carboxylic acids is 1. The highest BCUT2D eigenvalue weighted by molar-refractivity contribution is 6.30. The van der Waals surface area contributed by atoms with E-state index in [-0.39, 0.29) is 22.5 Å². The lowest BCUT2D eigenvalue weighted by Crippen LogP contribution is -2.16. The number of rotatable bonds is 3. The second-order valence-electron chi connectivity index (χ2n) is 6.39. The number of halogens is 1. The van der Waals surface area contributed by atoms with Crippen LogP contribution in [0.15, 0.2) is 24.3 Å². The molecule has 0 bridgehead atoms. The fourth-order valence-corrected chi connectivity index (χ4v) is 3.16. The standard InChI is InChI=1S/C16H18ClNO/c1-15(2)14(16(15,3)4)13(19)12(9-18)10-5-7-11(17)8-6-10/h5-8,12,14H,1-4H3. The van der Waals surface area contributed by atoms with Gasteiger partial charge in [0.1, 0.15) is 5.92 Å². The maximum Gasteiger partial charge on any atom is 0.158 e. The minimum atomic E-state index is -0.691. The molecule has 0 N–H and O–H groups in total. The van der Waals surface area contributed by atoms with Crippen LogP contribution in [0.4, 0.5) is 0 Å². The number of ketones is 1. The van der Waals surface area contributed by atoms with Crippen molar-refractivity contribution in [3.63, 3.8) is 0 Å². The Balaban J connectivity index is 2.28. The van der Waals surface area contributed by atoms with E-state index in [1.165, 1.54) is 0 Å². The van der Waals surface area contributed by atoms with Crippen LogP contribution >= 0.6 is 11.6 Å². The van der Waals surface area contributed by atoms with E-state index in [0.717, 1.165) is 5.56 Å². The third-order valence-electron chi connectivity index (χ3n) is 4.92. The normalized spacial score (nSPS) is 21.5. The fraction of sp³-hybridized carbons (Fsp3) is 0.500. The smallest absolute Gasteiger partial charge is 0.158 e. The monoisotopic (exact) mass is 275 g/mol. The van der Waals surface area contributed by atoms with Gasteiger partial charge in [-0.25, -0.2) is 0 Å². The summed E-state index contributed by atoms with van der Waals surface area (Å²) in [4.78, 5) is 12.6. The minimum Gasteiger partial charge on any atom is -0.297 e. The molecule has 1 aromatic rings. The summed E-state index contributed by atoms with van der Waals surface area (Å²) in [6, 6.07) is 9.10. The molecule has 0 saturated heterocycles. The van der Waals surface area contributed by atoms with E-state index < -0.39 is 5.92 Å². The van der Waals surface area contributed by atoms with E-state index in [1.54, 1.807) is 24.3 Å². The van der Waals surface area contributed by atoms with Crippen LogP contribution in [0.2, 0.25) is 5.02 Å². The molecule has 0 heterocycles. The van der Waals surface area contributed by atoms with Crippen LogP contribution in [0.25, 0.3) is 0 Å². The molecule has 0 amide bonds. The highest BCUT2D eigenvalue weighted by Gasteiger charge is 2.68. The summed E-state index contributed by atoms with van der Waals surface area (Å²) in [5.74, 6) is -0.719. The molecule has 1 unspecified atom stereocenters. The summed E-state index contributed by atoms with van der Waals surface area (Å²) in [5.41, 5.74) is 0.660. The average molecular weight is 276 g/mol. The first-order valence-corrected chi connectivity index (χ1v) is 6.80. The zero-order chi connectivity index (χ0) is 14.4. The lowest BCUT2D eigenvalue weighted by Gasteiger charge is -2.10. The highest BCUT2D eigenvalue weighted by atomic mass is 35.5. The van der Waals surface area contributed by atoms with Crippen molar-refractivity contribution in [2.45, 2.75) is 33.6 Å². The molecule has 2 nitrogen and oxygen atoms in total. The summed E-state index contributed by atoms with van der Waals surface area (Å²) >= 11 is 5.84. The molecule has 19 heavy (non-hydrogen) atoms. The molecular formula is C16H18ClNO. The quantitative estimate of drug-likeness (QED) is 0.829. The van der Waals surface area contributed by atoms with Gasteiger partial charge < -0.3 is 0 Å². The molecule has 1 aliphatic carbocycles. The molecule has 3 heteroatoms. The van der Waals surface area contributed by atoms with Gasteiger partial charge in [0.25, 0.3) is 0 Å². The Labute approximate surface area is 119 Å². The third kappa shape index (κ3) is 2.07. The Morgan fingerprint density at radius 1 is 1.21 bits per heavy atom. The van der Waals surface area contributed by atoms with Gasteiger partial charge in [-0.1, -0.05) is 51.4 Å². The lowest BCUT2D eigenvalue weighted by atomic mass is 9.90. The number of benzene rings is 1. The molecular weight excluding hydrogens is 258 g/mol. The van der Waals surface area contributed by atoms with Gasteiger partial charge in [0, 0.05) is 10.9 Å². The molecule has 0 radical (unpaired) electrons. The van der Waals surface area contributed by atoms with Crippen LogP contribution in [-0.4, -0.2) is 5.78 Å². The lowest BCUT2D eigenvalue weighted by molar-refractivity contribution is -0.121. The van der Waals surface area contributed by atoms with Crippen LogP contribution in [0.3, 0.4) is 0 Å². The second-order valence-corrected chi connectivity index (χ2v) is 6.83. The maximum absolute atomic E-state index is 12.6. The number of nitrogens with zero attached hydrogens (tertiary/aromatic N) is 1. The number of hydrogen-bond acceptors (Lipinski definition) is 2. The Bertz CT molecular complexity index is 537. The van der Waals surface area contributed by atoms with Gasteiger partial charge in [-0.15, -0.1) is 0 Å². The van der Waals surface area contributed by atoms with Crippen molar-refractivity contribution < 1.29 is 4.79 Å². The van der Waals surface area contributed by atoms with E-state index in [9.17, 15) is 10.1 Å². The van der Waals surface area contributed by atoms with Crippen LogP contribution in [-0.2, 0) is 4.79 Å². The van der Waals surface area contributed by atoms with Gasteiger partial charge in [0.15, 0.2) is 5.78 Å². The second kappa shape index (κ2) is 4.35. The van der Waals surface area contributed by atoms with E-state index in [2.05, 4.69) is 33.8 Å². The van der Waals surface area contributed by atoms with Crippen LogP contribution in [0.5, 0.6) is 0 Å². The van der Waals surface area contributed by atoms with Gasteiger partial charge in [0.2, 0.25) is 0 Å². The number of carbonyl (C=O) groups is 1. The van der Waals surface area contributed by atoms with Gasteiger partial charge in [-0.2, -0.15) is 5.26 Å². The Hall–Kier alpha value is -1.33. The predicted octanol–water partition coefficient (Wildman–Crippen LogP) is 4.20. The van der Waals surface area contributed by atoms with E-state index >= 15 is 0 Å². The van der Waals surface area contributed by atoms with Crippen molar-refractivity contribution in [2.75, 3.05) is 0 Å². The number of Topliss-reactive ketones (excluding diaryl/α,β-unsaturated/α-hetero) is 1. The zero-order valence-corrected chi connectivity index (χ0v) is 12.5. The van der Waals surface area contributed by atoms with Gasteiger partial charge in [-0.05, 0) is 28.5 Å². The van der Waals surface area contributed by atoms with Crippen molar-refractivity contribution >= 4 is 17.4 Å². The molecule has 0 spiro atoms. The molecule has 1 saturated carbocycles. The maximum atomic E-state index is 12.6. The van der Waals surface area contributed by atoms with E-state index in [0.29, 0.717) is 5.02 Å². The molecule has 0 aromatic heterocycles. The average Bonchev–Trinajstić information content (AvgIpc) is 2.73. The van der Waals surface area contributed by atoms with Gasteiger partial charge in [-0.3, -0.25) is 4.79 Å². The summed E-state index contributed by atoms with van der Waals surface area (Å²) in [6.45, 7) is 8.36. The topological polar surface area (TPSA) is 40.9 Å². The molecule has 1 aliphatic rings. The number of hydrogen-bond donors (Lipinski definition) is 0. The van der Waals surface area contributed by atoms with Crippen LogP contribution in [0.1, 0.15) is 39.2 Å². The Morgan fingerprint density at radius 2 is 1.68 bits per heavy atom. The molecule has 1 aromatic carbocycles. The Kier molecular flexibility index (Phi) is 3.23. The zero-order valence-electron chi connectivity index (χ0n) is 11.7. The van der Waals surface area contributed by atoms with Crippen molar-refractivity contribution in [2.24, 2.45) is 16.7 Å². The van der Waals surface area contributed by atoms with Gasteiger partial charge in [0.05, 0.1) is 6.07 Å². The molecule has 2 rings (SSSR count). The summed E-state index contributed by atoms with van der Waals surface area (Å²) in [6.07, 6.45) is 0. The SMILES string of the molecule is CC1(C)C(C(=O)C(C#N)c2ccc(Cl)cc2)C1(C)C. The van der Waals surface area contributed by atoms with E-state index in [4.69, 9.17) is 11.6 Å². The van der Waals surface area contributed by atoms with Crippen molar-refractivity contribution in [3.05, 3.63) is 34.9 Å². The molecule has 0 aliphatic heterocycles. The first-order valence-electron chi connectivity index (χ1n) is 6.42.